The maximum Gasteiger partial charge on any atom is 0.417 e. The number of carbonyl (C=O) groups is 3. The Bertz CT molecular complexity index is 1250. The van der Waals surface area contributed by atoms with Crippen molar-refractivity contribution in [3.63, 3.8) is 0 Å². The predicted molar refractivity (Wildman–Crippen MR) is 125 cm³/mol. The third-order valence-electron chi connectivity index (χ3n) is 6.05. The highest BCUT2D eigenvalue weighted by molar-refractivity contribution is 5.96. The van der Waals surface area contributed by atoms with Crippen LogP contribution in [-0.4, -0.2) is 60.2 Å². The summed E-state index contributed by atoms with van der Waals surface area (Å²) in [4.78, 5) is 40.5. The van der Waals surface area contributed by atoms with Crippen LogP contribution in [0.4, 0.5) is 13.2 Å². The van der Waals surface area contributed by atoms with Crippen LogP contribution in [0.15, 0.2) is 66.7 Å². The molecule has 182 valence electrons. The molecule has 1 N–H and O–H groups in total. The van der Waals surface area contributed by atoms with Gasteiger partial charge in [-0.15, -0.1) is 0 Å². The number of alkyl halides is 3. The van der Waals surface area contributed by atoms with Crippen molar-refractivity contribution >= 4 is 28.5 Å². The quantitative estimate of drug-likeness (QED) is 0.604. The SMILES string of the molecule is O=C(Cc1cccc2ccccc12)NCC(=O)N1CCN(C(=O)c2ccccc2C(F)(F)F)CC1. The number of nitrogens with zero attached hydrogens (tertiary/aromatic N) is 2. The van der Waals surface area contributed by atoms with Gasteiger partial charge < -0.3 is 15.1 Å². The number of fused-ring (bicyclic) bond motifs is 1. The smallest absolute Gasteiger partial charge is 0.347 e. The van der Waals surface area contributed by atoms with Crippen molar-refractivity contribution in [2.45, 2.75) is 12.6 Å². The fraction of sp³-hybridized carbons (Fsp3) is 0.269. The lowest BCUT2D eigenvalue weighted by Crippen LogP contribution is -2.52. The molecule has 6 nitrogen and oxygen atoms in total. The molecule has 0 aromatic heterocycles. The van der Waals surface area contributed by atoms with E-state index < -0.39 is 23.2 Å². The van der Waals surface area contributed by atoms with E-state index in [0.717, 1.165) is 28.5 Å². The summed E-state index contributed by atoms with van der Waals surface area (Å²) in [6.07, 6.45) is -4.50. The van der Waals surface area contributed by atoms with E-state index in [0.29, 0.717) is 0 Å². The van der Waals surface area contributed by atoms with E-state index in [-0.39, 0.29) is 51.0 Å². The van der Waals surface area contributed by atoms with Crippen molar-refractivity contribution in [1.29, 1.82) is 0 Å². The molecule has 0 bridgehead atoms. The van der Waals surface area contributed by atoms with E-state index in [4.69, 9.17) is 0 Å². The summed E-state index contributed by atoms with van der Waals surface area (Å²) in [5.74, 6) is -1.31. The Hall–Kier alpha value is -3.88. The van der Waals surface area contributed by atoms with Gasteiger partial charge in [0.2, 0.25) is 11.8 Å². The lowest BCUT2D eigenvalue weighted by molar-refractivity contribution is -0.138. The number of nitrogens with one attached hydrogen (secondary N) is 1. The van der Waals surface area contributed by atoms with E-state index in [2.05, 4.69) is 5.32 Å². The minimum absolute atomic E-state index is 0.112. The summed E-state index contributed by atoms with van der Waals surface area (Å²) in [6, 6.07) is 18.1. The molecule has 0 unspecified atom stereocenters. The third kappa shape index (κ3) is 5.62. The maximum atomic E-state index is 13.3. The summed E-state index contributed by atoms with van der Waals surface area (Å²) in [5.41, 5.74) is -0.516. The Labute approximate surface area is 200 Å². The first-order valence-corrected chi connectivity index (χ1v) is 11.2. The molecular formula is C26H24F3N3O3. The molecular weight excluding hydrogens is 459 g/mol. The fourth-order valence-electron chi connectivity index (χ4n) is 4.21. The van der Waals surface area contributed by atoms with E-state index in [1.165, 1.54) is 21.9 Å². The van der Waals surface area contributed by atoms with E-state index in [1.54, 1.807) is 0 Å². The van der Waals surface area contributed by atoms with Gasteiger partial charge in [-0.2, -0.15) is 13.2 Å². The van der Waals surface area contributed by atoms with E-state index in [9.17, 15) is 27.6 Å². The van der Waals surface area contributed by atoms with Crippen LogP contribution >= 0.6 is 0 Å². The zero-order valence-corrected chi connectivity index (χ0v) is 18.8. The van der Waals surface area contributed by atoms with Gasteiger partial charge in [0.05, 0.1) is 24.1 Å². The van der Waals surface area contributed by atoms with Crippen LogP contribution in [0.3, 0.4) is 0 Å². The molecule has 3 amide bonds. The van der Waals surface area contributed by atoms with Crippen LogP contribution in [-0.2, 0) is 22.2 Å². The van der Waals surface area contributed by atoms with Crippen LogP contribution in [0.5, 0.6) is 0 Å². The van der Waals surface area contributed by atoms with Crippen molar-refractivity contribution in [2.75, 3.05) is 32.7 Å². The third-order valence-corrected chi connectivity index (χ3v) is 6.05. The van der Waals surface area contributed by atoms with E-state index >= 15 is 0 Å². The van der Waals surface area contributed by atoms with Crippen molar-refractivity contribution < 1.29 is 27.6 Å². The maximum absolute atomic E-state index is 13.3. The van der Waals surface area contributed by atoms with Gasteiger partial charge in [0.15, 0.2) is 0 Å². The lowest BCUT2D eigenvalue weighted by atomic mass is 10.0. The number of hydrogen-bond donors (Lipinski definition) is 1. The molecule has 1 aliphatic rings. The average Bonchev–Trinajstić information content (AvgIpc) is 2.86. The lowest BCUT2D eigenvalue weighted by Gasteiger charge is -2.35. The summed E-state index contributed by atoms with van der Waals surface area (Å²) < 4.78 is 39.8. The molecule has 1 fully saturated rings. The zero-order chi connectivity index (χ0) is 25.0. The molecule has 1 aliphatic heterocycles. The minimum Gasteiger partial charge on any atom is -0.347 e. The standard InChI is InChI=1S/C26H24F3N3O3/c27-26(28,29)22-11-4-3-10-21(22)25(35)32-14-12-31(13-15-32)24(34)17-30-23(33)16-19-8-5-7-18-6-1-2-9-20(18)19/h1-11H,12-17H2,(H,30,33). The molecule has 0 atom stereocenters. The highest BCUT2D eigenvalue weighted by Gasteiger charge is 2.36. The predicted octanol–water partition coefficient (Wildman–Crippen LogP) is 3.50. The first-order valence-electron chi connectivity index (χ1n) is 11.2. The van der Waals surface area contributed by atoms with Gasteiger partial charge in [-0.1, -0.05) is 54.6 Å². The number of benzene rings is 3. The van der Waals surface area contributed by atoms with E-state index in [1.807, 2.05) is 42.5 Å². The highest BCUT2D eigenvalue weighted by atomic mass is 19.4. The summed E-state index contributed by atoms with van der Waals surface area (Å²) >= 11 is 0. The van der Waals surface area contributed by atoms with Gasteiger partial charge in [0.1, 0.15) is 0 Å². The average molecular weight is 483 g/mol. The second-order valence-electron chi connectivity index (χ2n) is 8.31. The first-order chi connectivity index (χ1) is 16.7. The summed E-state index contributed by atoms with van der Waals surface area (Å²) in [7, 11) is 0. The number of amides is 3. The number of piperazine rings is 1. The Balaban J connectivity index is 1.29. The van der Waals surface area contributed by atoms with Gasteiger partial charge in [-0.25, -0.2) is 0 Å². The number of halogens is 3. The fourth-order valence-corrected chi connectivity index (χ4v) is 4.21. The highest BCUT2D eigenvalue weighted by Crippen LogP contribution is 2.32. The van der Waals surface area contributed by atoms with Crippen LogP contribution in [0.2, 0.25) is 0 Å². The molecule has 0 radical (unpaired) electrons. The molecule has 1 saturated heterocycles. The molecule has 1 heterocycles. The number of carbonyl (C=O) groups excluding carboxylic acids is 3. The van der Waals surface area contributed by atoms with Gasteiger partial charge in [0.25, 0.3) is 5.91 Å². The minimum atomic E-state index is -4.63. The normalized spacial score (nSPS) is 14.1. The largest absolute Gasteiger partial charge is 0.417 e. The molecule has 0 spiro atoms. The molecule has 35 heavy (non-hydrogen) atoms. The molecule has 3 aromatic rings. The van der Waals surface area contributed by atoms with Gasteiger partial charge >= 0.3 is 6.18 Å². The van der Waals surface area contributed by atoms with Crippen molar-refractivity contribution in [2.24, 2.45) is 0 Å². The summed E-state index contributed by atoms with van der Waals surface area (Å²) in [6.45, 7) is 0.395. The Morgan fingerprint density at radius 3 is 2.17 bits per heavy atom. The molecule has 9 heteroatoms. The summed E-state index contributed by atoms with van der Waals surface area (Å²) in [5, 5.41) is 4.64. The van der Waals surface area contributed by atoms with Gasteiger partial charge in [-0.05, 0) is 28.5 Å². The molecule has 0 saturated carbocycles. The van der Waals surface area contributed by atoms with Crippen LogP contribution in [0.1, 0.15) is 21.5 Å². The number of hydrogen-bond acceptors (Lipinski definition) is 3. The van der Waals surface area contributed by atoms with Crippen LogP contribution < -0.4 is 5.32 Å². The van der Waals surface area contributed by atoms with Crippen LogP contribution in [0.25, 0.3) is 10.8 Å². The first kappa shape index (κ1) is 24.3. The monoisotopic (exact) mass is 483 g/mol. The Morgan fingerprint density at radius 1 is 0.800 bits per heavy atom. The van der Waals surface area contributed by atoms with Crippen molar-refractivity contribution in [3.05, 3.63) is 83.4 Å². The molecule has 4 rings (SSSR count). The van der Waals surface area contributed by atoms with Crippen LogP contribution in [0, 0.1) is 0 Å². The molecule has 0 aliphatic carbocycles. The van der Waals surface area contributed by atoms with Crippen molar-refractivity contribution in [1.82, 2.24) is 15.1 Å². The topological polar surface area (TPSA) is 69.7 Å². The van der Waals surface area contributed by atoms with Crippen molar-refractivity contribution in [3.8, 4) is 0 Å². The second-order valence-corrected chi connectivity index (χ2v) is 8.31. The van der Waals surface area contributed by atoms with Gasteiger partial charge in [0, 0.05) is 26.2 Å². The second kappa shape index (κ2) is 10.2. The van der Waals surface area contributed by atoms with Gasteiger partial charge in [-0.3, -0.25) is 14.4 Å². The Kier molecular flexibility index (Phi) is 7.04. The molecule has 3 aromatic carbocycles. The Morgan fingerprint density at radius 2 is 1.43 bits per heavy atom. The number of rotatable bonds is 5. The zero-order valence-electron chi connectivity index (χ0n) is 18.8.